The highest BCUT2D eigenvalue weighted by atomic mass is 16.6. The number of rotatable bonds is 6. The molecule has 2 aromatic rings. The molecule has 1 amide bonds. The van der Waals surface area contributed by atoms with Crippen molar-refractivity contribution < 1.29 is 19.0 Å². The van der Waals surface area contributed by atoms with Gasteiger partial charge >= 0.3 is 6.09 Å². The lowest BCUT2D eigenvalue weighted by Crippen LogP contribution is -2.43. The average Bonchev–Trinajstić information content (AvgIpc) is 3.06. The van der Waals surface area contributed by atoms with Crippen molar-refractivity contribution in [2.24, 2.45) is 7.05 Å². The molecule has 0 bridgehead atoms. The van der Waals surface area contributed by atoms with Gasteiger partial charge in [-0.25, -0.2) is 14.5 Å². The summed E-state index contributed by atoms with van der Waals surface area (Å²) in [7, 11) is 1.86. The SMILES string of the molecule is CC(C)c1cccc(OCc2nc([C@@H]3CC[C@@H](NC(=O)OC(C)(C)C)CO3)nn2C)c1. The molecule has 1 aromatic heterocycles. The molecule has 2 heterocycles. The second-order valence-corrected chi connectivity index (χ2v) is 9.27. The molecule has 1 N–H and O–H groups in total. The number of nitrogens with one attached hydrogen (secondary N) is 1. The summed E-state index contributed by atoms with van der Waals surface area (Å²) in [6, 6.07) is 8.04. The highest BCUT2D eigenvalue weighted by Crippen LogP contribution is 2.27. The maximum Gasteiger partial charge on any atom is 0.407 e. The van der Waals surface area contributed by atoms with E-state index in [0.717, 1.165) is 24.4 Å². The van der Waals surface area contributed by atoms with Crippen LogP contribution in [0.25, 0.3) is 0 Å². The Kier molecular flexibility index (Phi) is 7.20. The van der Waals surface area contributed by atoms with E-state index in [2.05, 4.69) is 41.4 Å². The molecule has 2 atom stereocenters. The summed E-state index contributed by atoms with van der Waals surface area (Å²) in [5.74, 6) is 2.65. The van der Waals surface area contributed by atoms with Gasteiger partial charge in [-0.3, -0.25) is 0 Å². The third kappa shape index (κ3) is 6.69. The number of aromatic nitrogens is 3. The van der Waals surface area contributed by atoms with Crippen LogP contribution >= 0.6 is 0 Å². The van der Waals surface area contributed by atoms with Crippen LogP contribution in [0.4, 0.5) is 4.79 Å². The molecule has 170 valence electrons. The highest BCUT2D eigenvalue weighted by molar-refractivity contribution is 5.68. The smallest absolute Gasteiger partial charge is 0.407 e. The van der Waals surface area contributed by atoms with Crippen LogP contribution < -0.4 is 10.1 Å². The van der Waals surface area contributed by atoms with Crippen LogP contribution in [0, 0.1) is 0 Å². The van der Waals surface area contributed by atoms with Crippen LogP contribution in [0.15, 0.2) is 24.3 Å². The first-order valence-corrected chi connectivity index (χ1v) is 10.8. The first-order valence-electron chi connectivity index (χ1n) is 10.8. The molecule has 0 unspecified atom stereocenters. The highest BCUT2D eigenvalue weighted by Gasteiger charge is 2.28. The number of alkyl carbamates (subject to hydrolysis) is 1. The van der Waals surface area contributed by atoms with E-state index in [4.69, 9.17) is 14.2 Å². The lowest BCUT2D eigenvalue weighted by Gasteiger charge is -2.29. The van der Waals surface area contributed by atoms with Gasteiger partial charge in [0.1, 0.15) is 24.1 Å². The van der Waals surface area contributed by atoms with Crippen molar-refractivity contribution in [3.8, 4) is 5.75 Å². The van der Waals surface area contributed by atoms with Gasteiger partial charge in [0.05, 0.1) is 12.6 Å². The molecular weight excluding hydrogens is 396 g/mol. The van der Waals surface area contributed by atoms with Gasteiger partial charge in [0, 0.05) is 7.05 Å². The number of ether oxygens (including phenoxy) is 3. The van der Waals surface area contributed by atoms with Gasteiger partial charge in [-0.15, -0.1) is 0 Å². The van der Waals surface area contributed by atoms with E-state index in [0.29, 0.717) is 25.0 Å². The third-order valence-electron chi connectivity index (χ3n) is 5.05. The molecule has 0 saturated carbocycles. The van der Waals surface area contributed by atoms with Crippen molar-refractivity contribution in [2.75, 3.05) is 6.61 Å². The molecule has 0 spiro atoms. The topological polar surface area (TPSA) is 87.5 Å². The summed E-state index contributed by atoms with van der Waals surface area (Å²) in [6.07, 6.45) is 0.884. The van der Waals surface area contributed by atoms with Gasteiger partial charge in [0.25, 0.3) is 0 Å². The van der Waals surface area contributed by atoms with Gasteiger partial charge < -0.3 is 19.5 Å². The van der Waals surface area contributed by atoms with Crippen LogP contribution in [-0.4, -0.2) is 39.1 Å². The van der Waals surface area contributed by atoms with Crippen molar-refractivity contribution in [1.82, 2.24) is 20.1 Å². The van der Waals surface area contributed by atoms with Crippen molar-refractivity contribution in [2.45, 2.75) is 77.7 Å². The van der Waals surface area contributed by atoms with E-state index in [1.807, 2.05) is 40.0 Å². The van der Waals surface area contributed by atoms with Gasteiger partial charge in [-0.2, -0.15) is 5.10 Å². The molecule has 3 rings (SSSR count). The van der Waals surface area contributed by atoms with Crippen molar-refractivity contribution in [3.63, 3.8) is 0 Å². The maximum absolute atomic E-state index is 11.9. The number of aryl methyl sites for hydroxylation is 1. The Morgan fingerprint density at radius 1 is 1.32 bits per heavy atom. The third-order valence-corrected chi connectivity index (χ3v) is 5.05. The molecule has 1 aromatic carbocycles. The average molecular weight is 431 g/mol. The molecule has 0 radical (unpaired) electrons. The Morgan fingerprint density at radius 3 is 2.74 bits per heavy atom. The van der Waals surface area contributed by atoms with Crippen molar-refractivity contribution in [1.29, 1.82) is 0 Å². The molecule has 1 aliphatic heterocycles. The van der Waals surface area contributed by atoms with E-state index >= 15 is 0 Å². The van der Waals surface area contributed by atoms with Gasteiger partial charge in [0.2, 0.25) is 0 Å². The number of hydrogen-bond acceptors (Lipinski definition) is 6. The normalized spacial score (nSPS) is 19.3. The zero-order chi connectivity index (χ0) is 22.6. The molecule has 31 heavy (non-hydrogen) atoms. The zero-order valence-electron chi connectivity index (χ0n) is 19.3. The number of hydrogen-bond donors (Lipinski definition) is 1. The van der Waals surface area contributed by atoms with Crippen LogP contribution in [0.3, 0.4) is 0 Å². The van der Waals surface area contributed by atoms with Gasteiger partial charge in [-0.05, 0) is 57.2 Å². The van der Waals surface area contributed by atoms with Gasteiger partial charge in [-0.1, -0.05) is 26.0 Å². The summed E-state index contributed by atoms with van der Waals surface area (Å²) in [4.78, 5) is 16.6. The molecule has 1 saturated heterocycles. The second kappa shape index (κ2) is 9.68. The van der Waals surface area contributed by atoms with Crippen LogP contribution in [0.2, 0.25) is 0 Å². The zero-order valence-corrected chi connectivity index (χ0v) is 19.3. The molecule has 1 aliphatic rings. The summed E-state index contributed by atoms with van der Waals surface area (Å²) in [5.41, 5.74) is 0.718. The van der Waals surface area contributed by atoms with E-state index in [1.165, 1.54) is 5.56 Å². The van der Waals surface area contributed by atoms with Crippen molar-refractivity contribution in [3.05, 3.63) is 41.5 Å². The number of nitrogens with zero attached hydrogens (tertiary/aromatic N) is 3. The Balaban J connectivity index is 1.52. The lowest BCUT2D eigenvalue weighted by molar-refractivity contribution is -0.0134. The lowest BCUT2D eigenvalue weighted by atomic mass is 10.0. The van der Waals surface area contributed by atoms with Crippen LogP contribution in [0.1, 0.15) is 76.7 Å². The summed E-state index contributed by atoms with van der Waals surface area (Å²) in [6.45, 7) is 10.6. The largest absolute Gasteiger partial charge is 0.486 e. The van der Waals surface area contributed by atoms with Crippen LogP contribution in [0.5, 0.6) is 5.75 Å². The minimum Gasteiger partial charge on any atom is -0.486 e. The summed E-state index contributed by atoms with van der Waals surface area (Å²) in [5, 5.41) is 7.38. The van der Waals surface area contributed by atoms with Crippen LogP contribution in [-0.2, 0) is 23.1 Å². The first-order chi connectivity index (χ1) is 14.6. The van der Waals surface area contributed by atoms with Crippen molar-refractivity contribution >= 4 is 6.09 Å². The maximum atomic E-state index is 11.9. The first kappa shape index (κ1) is 23.1. The van der Waals surface area contributed by atoms with Gasteiger partial charge in [0.15, 0.2) is 11.6 Å². The monoisotopic (exact) mass is 430 g/mol. The fourth-order valence-corrected chi connectivity index (χ4v) is 3.35. The number of carbonyl (C=O) groups is 1. The summed E-state index contributed by atoms with van der Waals surface area (Å²) < 4.78 is 18.9. The van der Waals surface area contributed by atoms with E-state index in [9.17, 15) is 4.79 Å². The number of carbonyl (C=O) groups excluding carboxylic acids is 1. The molecule has 0 aliphatic carbocycles. The molecule has 1 fully saturated rings. The Morgan fingerprint density at radius 2 is 2.10 bits per heavy atom. The quantitative estimate of drug-likeness (QED) is 0.737. The Labute approximate surface area is 184 Å². The molecule has 8 heteroatoms. The minimum absolute atomic E-state index is 0.0779. The van der Waals surface area contributed by atoms with E-state index in [-0.39, 0.29) is 12.1 Å². The second-order valence-electron chi connectivity index (χ2n) is 9.27. The molecule has 8 nitrogen and oxygen atoms in total. The minimum atomic E-state index is -0.519. The van der Waals surface area contributed by atoms with E-state index < -0.39 is 11.7 Å². The predicted octanol–water partition coefficient (Wildman–Crippen LogP) is 4.26. The summed E-state index contributed by atoms with van der Waals surface area (Å²) >= 11 is 0. The Bertz CT molecular complexity index is 880. The standard InChI is InChI=1S/C23H34N4O4/c1-15(2)16-8-7-9-18(12-16)29-14-20-25-21(26-27(20)6)19-11-10-17(13-30-19)24-22(28)31-23(3,4)5/h7-9,12,15,17,19H,10-11,13-14H2,1-6H3,(H,24,28)/t17-,19+/m1/s1. The number of benzene rings is 1. The predicted molar refractivity (Wildman–Crippen MR) is 117 cm³/mol. The fraction of sp³-hybridized carbons (Fsp3) is 0.609. The Hall–Kier alpha value is -2.61. The molecular formula is C23H34N4O4. The van der Waals surface area contributed by atoms with E-state index in [1.54, 1.807) is 4.68 Å². The fourth-order valence-electron chi connectivity index (χ4n) is 3.35. The number of amides is 1.